The highest BCUT2D eigenvalue weighted by atomic mass is 16.5. The molecule has 160 valence electrons. The number of rotatable bonds is 9. The van der Waals surface area contributed by atoms with Crippen molar-refractivity contribution in [1.29, 1.82) is 0 Å². The maximum atomic E-state index is 12.6. The number of carbonyl (C=O) groups excluding carboxylic acids is 1. The van der Waals surface area contributed by atoms with E-state index in [0.717, 1.165) is 0 Å². The van der Waals surface area contributed by atoms with Gasteiger partial charge in [0.15, 0.2) is 23.9 Å². The third kappa shape index (κ3) is 6.55. The van der Waals surface area contributed by atoms with E-state index in [1.54, 1.807) is 36.4 Å². The van der Waals surface area contributed by atoms with Crippen LogP contribution in [0.4, 0.5) is 0 Å². The van der Waals surface area contributed by atoms with Crippen molar-refractivity contribution in [3.05, 3.63) is 53.6 Å². The van der Waals surface area contributed by atoms with Crippen molar-refractivity contribution < 1.29 is 33.6 Å². The molecule has 0 spiro atoms. The first-order valence-electron chi connectivity index (χ1n) is 9.25. The van der Waals surface area contributed by atoms with Gasteiger partial charge in [0.1, 0.15) is 17.1 Å². The van der Waals surface area contributed by atoms with Crippen LogP contribution in [0.15, 0.2) is 42.5 Å². The lowest BCUT2D eigenvalue weighted by Crippen LogP contribution is -2.23. The van der Waals surface area contributed by atoms with Gasteiger partial charge in [-0.2, -0.15) is 0 Å². The van der Waals surface area contributed by atoms with E-state index in [-0.39, 0.29) is 5.78 Å². The molecule has 0 saturated carbocycles. The Hall–Kier alpha value is -3.48. The summed E-state index contributed by atoms with van der Waals surface area (Å²) in [5.41, 5.74) is 0.560. The second-order valence-electron chi connectivity index (χ2n) is 7.37. The van der Waals surface area contributed by atoms with Crippen LogP contribution in [0, 0.1) is 0 Å². The number of ketones is 1. The van der Waals surface area contributed by atoms with Crippen LogP contribution in [0.1, 0.15) is 36.7 Å². The van der Waals surface area contributed by atoms with Crippen LogP contribution in [-0.4, -0.2) is 43.3 Å². The fraction of sp³-hybridized carbons (Fsp3) is 0.304. The molecule has 1 N–H and O–H groups in total. The van der Waals surface area contributed by atoms with Crippen molar-refractivity contribution in [3.8, 4) is 23.0 Å². The fourth-order valence-electron chi connectivity index (χ4n) is 2.57. The highest BCUT2D eigenvalue weighted by Crippen LogP contribution is 2.37. The van der Waals surface area contributed by atoms with Crippen molar-refractivity contribution in [3.63, 3.8) is 0 Å². The summed E-state index contributed by atoms with van der Waals surface area (Å²) in [5.74, 6) is 0.513. The molecule has 7 nitrogen and oxygen atoms in total. The number of allylic oxidation sites excluding steroid dienone is 1. The van der Waals surface area contributed by atoms with Crippen LogP contribution < -0.4 is 18.9 Å². The third-order valence-electron chi connectivity index (χ3n) is 3.83. The monoisotopic (exact) mass is 414 g/mol. The van der Waals surface area contributed by atoms with Gasteiger partial charge in [0.05, 0.1) is 14.2 Å². The maximum Gasteiger partial charge on any atom is 0.341 e. The summed E-state index contributed by atoms with van der Waals surface area (Å²) < 4.78 is 21.8. The van der Waals surface area contributed by atoms with Crippen molar-refractivity contribution in [2.24, 2.45) is 0 Å². The molecule has 0 unspecified atom stereocenters. The third-order valence-corrected chi connectivity index (χ3v) is 3.83. The van der Waals surface area contributed by atoms with Crippen molar-refractivity contribution >= 4 is 17.8 Å². The number of aliphatic carboxylic acids is 1. The minimum Gasteiger partial charge on any atom is -0.493 e. The molecule has 0 radical (unpaired) electrons. The molecule has 7 heteroatoms. The summed E-state index contributed by atoms with van der Waals surface area (Å²) in [6.45, 7) is 5.29. The molecule has 0 atom stereocenters. The maximum absolute atomic E-state index is 12.6. The van der Waals surface area contributed by atoms with Crippen molar-refractivity contribution in [2.75, 3.05) is 20.8 Å². The van der Waals surface area contributed by atoms with Crippen LogP contribution in [0.2, 0.25) is 0 Å². The molecule has 2 rings (SSSR count). The molecular formula is C23H26O7. The summed E-state index contributed by atoms with van der Waals surface area (Å²) in [5, 5.41) is 8.72. The van der Waals surface area contributed by atoms with Gasteiger partial charge in [-0.1, -0.05) is 12.1 Å². The fourth-order valence-corrected chi connectivity index (χ4v) is 2.57. The molecule has 30 heavy (non-hydrogen) atoms. The molecular weight excluding hydrogens is 388 g/mol. The van der Waals surface area contributed by atoms with E-state index in [2.05, 4.69) is 0 Å². The van der Waals surface area contributed by atoms with E-state index in [1.165, 1.54) is 26.4 Å². The second-order valence-corrected chi connectivity index (χ2v) is 7.37. The predicted molar refractivity (Wildman–Crippen MR) is 113 cm³/mol. The molecule has 2 aromatic carbocycles. The van der Waals surface area contributed by atoms with E-state index in [9.17, 15) is 9.59 Å². The summed E-state index contributed by atoms with van der Waals surface area (Å²) >= 11 is 0. The summed E-state index contributed by atoms with van der Waals surface area (Å²) in [6.07, 6.45) is 3.04. The quantitative estimate of drug-likeness (QED) is 0.485. The molecule has 0 heterocycles. The SMILES string of the molecule is COc1cc(/C=C/C(=O)c2cccc(OCC(=O)O)c2)c(OC(C)(C)C)cc1OC. The van der Waals surface area contributed by atoms with E-state index >= 15 is 0 Å². The summed E-state index contributed by atoms with van der Waals surface area (Å²) in [6, 6.07) is 9.79. The Morgan fingerprint density at radius 2 is 1.67 bits per heavy atom. The Bertz CT molecular complexity index is 939. The molecule has 0 fully saturated rings. The first-order valence-corrected chi connectivity index (χ1v) is 9.25. The number of carboxylic acids is 1. The van der Waals surface area contributed by atoms with Gasteiger partial charge < -0.3 is 24.1 Å². The average molecular weight is 414 g/mol. The van der Waals surface area contributed by atoms with Gasteiger partial charge in [0.2, 0.25) is 0 Å². The zero-order valence-corrected chi connectivity index (χ0v) is 17.7. The van der Waals surface area contributed by atoms with Gasteiger partial charge in [-0.15, -0.1) is 0 Å². The van der Waals surface area contributed by atoms with Crippen LogP contribution in [0.25, 0.3) is 6.08 Å². The highest BCUT2D eigenvalue weighted by molar-refractivity contribution is 6.07. The normalized spacial score (nSPS) is 11.2. The van der Waals surface area contributed by atoms with E-state index < -0.39 is 18.2 Å². The lowest BCUT2D eigenvalue weighted by atomic mass is 10.1. The van der Waals surface area contributed by atoms with Crippen LogP contribution >= 0.6 is 0 Å². The molecule has 0 aliphatic carbocycles. The number of ether oxygens (including phenoxy) is 4. The molecule has 0 bridgehead atoms. The van der Waals surface area contributed by atoms with Crippen LogP contribution in [0.3, 0.4) is 0 Å². The lowest BCUT2D eigenvalue weighted by Gasteiger charge is -2.23. The molecule has 0 aromatic heterocycles. The lowest BCUT2D eigenvalue weighted by molar-refractivity contribution is -0.139. The number of hydrogen-bond acceptors (Lipinski definition) is 6. The van der Waals surface area contributed by atoms with E-state index in [1.807, 2.05) is 20.8 Å². The van der Waals surface area contributed by atoms with Crippen molar-refractivity contribution in [2.45, 2.75) is 26.4 Å². The molecule has 0 amide bonds. The Labute approximate surface area is 175 Å². The van der Waals surface area contributed by atoms with Gasteiger partial charge in [-0.05, 0) is 51.1 Å². The first kappa shape index (κ1) is 22.8. The molecule has 0 aliphatic heterocycles. The largest absolute Gasteiger partial charge is 0.493 e. The van der Waals surface area contributed by atoms with Crippen molar-refractivity contribution in [1.82, 2.24) is 0 Å². The number of hydrogen-bond donors (Lipinski definition) is 1. The minimum atomic E-state index is -1.09. The standard InChI is InChI=1S/C23H26O7/c1-23(2,3)30-19-13-21(28-5)20(27-4)12-16(19)9-10-18(24)15-7-6-8-17(11-15)29-14-22(25)26/h6-13H,14H2,1-5H3,(H,25,26)/b10-9+. The Morgan fingerprint density at radius 1 is 1.00 bits per heavy atom. The first-order chi connectivity index (χ1) is 14.1. The molecule has 0 saturated heterocycles. The Balaban J connectivity index is 2.32. The van der Waals surface area contributed by atoms with Gasteiger partial charge in [-0.3, -0.25) is 4.79 Å². The summed E-state index contributed by atoms with van der Waals surface area (Å²) in [7, 11) is 3.07. The number of carbonyl (C=O) groups is 2. The van der Waals surface area contributed by atoms with Gasteiger partial charge in [-0.25, -0.2) is 4.79 Å². The highest BCUT2D eigenvalue weighted by Gasteiger charge is 2.17. The number of benzene rings is 2. The smallest absolute Gasteiger partial charge is 0.341 e. The predicted octanol–water partition coefficient (Wildman–Crippen LogP) is 4.24. The second kappa shape index (κ2) is 9.82. The van der Waals surface area contributed by atoms with Gasteiger partial charge in [0, 0.05) is 17.2 Å². The Kier molecular flexibility index (Phi) is 7.47. The van der Waals surface area contributed by atoms with Gasteiger partial charge >= 0.3 is 5.97 Å². The number of carboxylic acid groups (broad SMARTS) is 1. The molecule has 0 aliphatic rings. The van der Waals surface area contributed by atoms with E-state index in [4.69, 9.17) is 24.1 Å². The average Bonchev–Trinajstić information content (AvgIpc) is 2.69. The minimum absolute atomic E-state index is 0.271. The van der Waals surface area contributed by atoms with Crippen LogP contribution in [-0.2, 0) is 4.79 Å². The van der Waals surface area contributed by atoms with Crippen LogP contribution in [0.5, 0.6) is 23.0 Å². The van der Waals surface area contributed by atoms with Gasteiger partial charge in [0.25, 0.3) is 0 Å². The zero-order valence-electron chi connectivity index (χ0n) is 17.7. The zero-order chi connectivity index (χ0) is 22.3. The Morgan fingerprint density at radius 3 is 2.27 bits per heavy atom. The number of methoxy groups -OCH3 is 2. The summed E-state index contributed by atoms with van der Waals surface area (Å²) in [4.78, 5) is 23.3. The van der Waals surface area contributed by atoms with E-state index in [0.29, 0.717) is 34.1 Å². The molecule has 2 aromatic rings. The topological polar surface area (TPSA) is 91.3 Å².